The number of hydrogen-bond acceptors (Lipinski definition) is 5. The van der Waals surface area contributed by atoms with Crippen LogP contribution < -0.4 is 10.2 Å². The molecule has 1 N–H and O–H groups in total. The molecule has 3 heterocycles. The van der Waals surface area contributed by atoms with Gasteiger partial charge in [-0.3, -0.25) is 4.79 Å². The summed E-state index contributed by atoms with van der Waals surface area (Å²) in [6, 6.07) is 17.1. The van der Waals surface area contributed by atoms with Gasteiger partial charge in [-0.2, -0.15) is 0 Å². The highest BCUT2D eigenvalue weighted by molar-refractivity contribution is 7.13. The van der Waals surface area contributed by atoms with Crippen LogP contribution in [0.4, 0.5) is 5.69 Å². The van der Waals surface area contributed by atoms with Gasteiger partial charge < -0.3 is 15.0 Å². The Morgan fingerprint density at radius 2 is 1.97 bits per heavy atom. The molecule has 0 bridgehead atoms. The van der Waals surface area contributed by atoms with E-state index < -0.39 is 0 Å². The third kappa shape index (κ3) is 3.90. The van der Waals surface area contributed by atoms with Crippen LogP contribution >= 0.6 is 11.3 Å². The molecule has 0 spiro atoms. The Bertz CT molecular complexity index is 1030. The number of hydrogen-bond donors (Lipinski definition) is 1. The Morgan fingerprint density at radius 3 is 2.80 bits per heavy atom. The van der Waals surface area contributed by atoms with Crippen LogP contribution in [0.25, 0.3) is 11.1 Å². The van der Waals surface area contributed by atoms with Crippen LogP contribution in [0.15, 0.2) is 54.7 Å². The van der Waals surface area contributed by atoms with E-state index >= 15 is 0 Å². The van der Waals surface area contributed by atoms with Crippen molar-refractivity contribution in [2.75, 3.05) is 24.7 Å². The first-order valence-corrected chi connectivity index (χ1v) is 11.4. The summed E-state index contributed by atoms with van der Waals surface area (Å²) in [6.07, 6.45) is 4.79. The summed E-state index contributed by atoms with van der Waals surface area (Å²) in [5, 5.41) is 4.13. The number of ether oxygens (including phenoxy) is 1. The minimum Gasteiger partial charge on any atom is -0.381 e. The molecule has 3 aromatic rings. The molecule has 2 aliphatic heterocycles. The van der Waals surface area contributed by atoms with Crippen molar-refractivity contribution >= 4 is 22.9 Å². The number of aromatic nitrogens is 1. The van der Waals surface area contributed by atoms with E-state index in [-0.39, 0.29) is 5.91 Å². The van der Waals surface area contributed by atoms with Crippen LogP contribution in [0.5, 0.6) is 0 Å². The van der Waals surface area contributed by atoms with Gasteiger partial charge in [-0.05, 0) is 42.0 Å². The van der Waals surface area contributed by atoms with E-state index in [4.69, 9.17) is 4.74 Å². The van der Waals surface area contributed by atoms with E-state index in [9.17, 15) is 4.79 Å². The molecule has 0 atom stereocenters. The molecule has 1 saturated heterocycles. The van der Waals surface area contributed by atoms with Gasteiger partial charge in [-0.15, -0.1) is 11.3 Å². The number of nitrogens with one attached hydrogen (secondary N) is 1. The predicted molar refractivity (Wildman–Crippen MR) is 120 cm³/mol. The average Bonchev–Trinajstić information content (AvgIpc) is 3.46. The lowest BCUT2D eigenvalue weighted by atomic mass is 9.98. The second-order valence-electron chi connectivity index (χ2n) is 7.78. The highest BCUT2D eigenvalue weighted by Crippen LogP contribution is 2.37. The summed E-state index contributed by atoms with van der Waals surface area (Å²) in [5.41, 5.74) is 4.66. The summed E-state index contributed by atoms with van der Waals surface area (Å²) in [7, 11) is 0. The molecule has 6 heteroatoms. The topological polar surface area (TPSA) is 54.5 Å². The third-order valence-corrected chi connectivity index (χ3v) is 6.87. The average molecular weight is 420 g/mol. The van der Waals surface area contributed by atoms with Crippen molar-refractivity contribution < 1.29 is 9.53 Å². The Morgan fingerprint density at radius 1 is 1.13 bits per heavy atom. The van der Waals surface area contributed by atoms with E-state index in [1.807, 2.05) is 29.3 Å². The molecule has 0 radical (unpaired) electrons. The predicted octanol–water partition coefficient (Wildman–Crippen LogP) is 4.28. The zero-order valence-corrected chi connectivity index (χ0v) is 17.7. The minimum atomic E-state index is 0.00118. The van der Waals surface area contributed by atoms with Gasteiger partial charge in [0.15, 0.2) is 5.01 Å². The van der Waals surface area contributed by atoms with Crippen molar-refractivity contribution in [3.8, 4) is 11.1 Å². The van der Waals surface area contributed by atoms with E-state index in [1.165, 1.54) is 28.0 Å². The van der Waals surface area contributed by atoms with Crippen molar-refractivity contribution in [2.24, 2.45) is 0 Å². The van der Waals surface area contributed by atoms with Crippen LogP contribution in [-0.4, -0.2) is 36.7 Å². The molecular formula is C24H25N3O2S. The third-order valence-electron chi connectivity index (χ3n) is 5.88. The molecule has 2 aliphatic rings. The van der Waals surface area contributed by atoms with Gasteiger partial charge in [0.1, 0.15) is 0 Å². The first-order valence-electron chi connectivity index (χ1n) is 10.5. The maximum absolute atomic E-state index is 13.2. The number of fused-ring (bicyclic) bond motifs is 1. The quantitative estimate of drug-likeness (QED) is 0.671. The lowest BCUT2D eigenvalue weighted by Crippen LogP contribution is -2.34. The Kier molecular flexibility index (Phi) is 5.62. The van der Waals surface area contributed by atoms with Crippen LogP contribution in [0, 0.1) is 0 Å². The molecule has 0 saturated carbocycles. The number of carbonyl (C=O) groups excluding carboxylic acids is 1. The van der Waals surface area contributed by atoms with Crippen molar-refractivity contribution in [1.29, 1.82) is 0 Å². The van der Waals surface area contributed by atoms with Gasteiger partial charge in [-0.1, -0.05) is 42.5 Å². The molecule has 30 heavy (non-hydrogen) atoms. The molecule has 154 valence electrons. The molecule has 5 rings (SSSR count). The van der Waals surface area contributed by atoms with Crippen molar-refractivity contribution in [1.82, 2.24) is 10.3 Å². The molecular weight excluding hydrogens is 394 g/mol. The Labute approximate surface area is 180 Å². The zero-order chi connectivity index (χ0) is 20.3. The minimum absolute atomic E-state index is 0.00118. The molecule has 2 aromatic carbocycles. The number of benzene rings is 2. The molecule has 5 nitrogen and oxygen atoms in total. The first kappa shape index (κ1) is 19.4. The highest BCUT2D eigenvalue weighted by atomic mass is 32.1. The highest BCUT2D eigenvalue weighted by Gasteiger charge is 2.29. The van der Waals surface area contributed by atoms with Crippen molar-refractivity contribution in [2.45, 2.75) is 31.8 Å². The maximum Gasteiger partial charge on any atom is 0.287 e. The van der Waals surface area contributed by atoms with Gasteiger partial charge >= 0.3 is 0 Å². The lowest BCUT2D eigenvalue weighted by Gasteiger charge is -2.22. The number of nitrogens with zero attached hydrogens (tertiary/aromatic N) is 2. The molecule has 1 aromatic heterocycles. The Balaban J connectivity index is 1.31. The number of amides is 1. The SMILES string of the molecule is O=C(c1ncc(CNC2CCOCC2)s1)N1CCc2c(-c3ccccc3)cccc21. The summed E-state index contributed by atoms with van der Waals surface area (Å²) in [4.78, 5) is 20.6. The number of carbonyl (C=O) groups is 1. The van der Waals surface area contributed by atoms with Crippen LogP contribution in [0.3, 0.4) is 0 Å². The first-order chi connectivity index (χ1) is 14.8. The largest absolute Gasteiger partial charge is 0.381 e. The smallest absolute Gasteiger partial charge is 0.287 e. The summed E-state index contributed by atoms with van der Waals surface area (Å²) in [6.45, 7) is 3.10. The Hall–Kier alpha value is -2.54. The molecule has 0 unspecified atom stereocenters. The zero-order valence-electron chi connectivity index (χ0n) is 16.8. The van der Waals surface area contributed by atoms with Gasteiger partial charge in [-0.25, -0.2) is 4.98 Å². The van der Waals surface area contributed by atoms with Gasteiger partial charge in [0.2, 0.25) is 0 Å². The van der Waals surface area contributed by atoms with E-state index in [1.54, 1.807) is 0 Å². The maximum atomic E-state index is 13.2. The summed E-state index contributed by atoms with van der Waals surface area (Å²) < 4.78 is 5.41. The fourth-order valence-electron chi connectivity index (χ4n) is 4.28. The second kappa shape index (κ2) is 8.68. The summed E-state index contributed by atoms with van der Waals surface area (Å²) >= 11 is 1.50. The van der Waals surface area contributed by atoms with Crippen LogP contribution in [-0.2, 0) is 17.7 Å². The molecule has 1 amide bonds. The number of rotatable bonds is 5. The second-order valence-corrected chi connectivity index (χ2v) is 8.89. The monoisotopic (exact) mass is 419 g/mol. The standard InChI is InChI=1S/C24H25N3O2S/c28-24(23-26-16-19(30-23)15-25-18-10-13-29-14-11-18)27-12-9-21-20(7-4-8-22(21)27)17-5-2-1-3-6-17/h1-8,16,18,25H,9-15H2. The normalized spacial score (nSPS) is 16.6. The van der Waals surface area contributed by atoms with Crippen molar-refractivity contribution in [3.05, 3.63) is 70.2 Å². The van der Waals surface area contributed by atoms with E-state index in [0.717, 1.165) is 49.6 Å². The molecule has 1 fully saturated rings. The van der Waals surface area contributed by atoms with Crippen LogP contribution in [0.1, 0.15) is 33.1 Å². The number of thiazole rings is 1. The lowest BCUT2D eigenvalue weighted by molar-refractivity contribution is 0.0776. The summed E-state index contributed by atoms with van der Waals surface area (Å²) in [5.74, 6) is 0.00118. The molecule has 0 aliphatic carbocycles. The van der Waals surface area contributed by atoms with E-state index in [2.05, 4.69) is 40.6 Å². The van der Waals surface area contributed by atoms with Crippen molar-refractivity contribution in [3.63, 3.8) is 0 Å². The fraction of sp³-hybridized carbons (Fsp3) is 0.333. The van der Waals surface area contributed by atoms with Gasteiger partial charge in [0.25, 0.3) is 5.91 Å². The van der Waals surface area contributed by atoms with E-state index in [0.29, 0.717) is 17.6 Å². The fourth-order valence-corrected chi connectivity index (χ4v) is 5.10. The van der Waals surface area contributed by atoms with Crippen LogP contribution in [0.2, 0.25) is 0 Å². The number of anilines is 1. The van der Waals surface area contributed by atoms with Gasteiger partial charge in [0.05, 0.1) is 0 Å². The van der Waals surface area contributed by atoms with Gasteiger partial charge in [0, 0.05) is 49.1 Å².